The van der Waals surface area contributed by atoms with Crippen molar-refractivity contribution in [3.8, 4) is 0 Å². The summed E-state index contributed by atoms with van der Waals surface area (Å²) in [5, 5.41) is 0. The maximum Gasteiger partial charge on any atom is 0.0645 e. The fraction of sp³-hybridized carbons (Fsp3) is 0.898. The van der Waals surface area contributed by atoms with E-state index in [1.54, 1.807) is 0 Å². The van der Waals surface area contributed by atoms with E-state index in [9.17, 15) is 0 Å². The van der Waals surface area contributed by atoms with Crippen molar-refractivity contribution in [1.29, 1.82) is 0 Å². The average Bonchev–Trinajstić information content (AvgIpc) is 3.30. The first kappa shape index (κ1) is 50.5. The zero-order chi connectivity index (χ0) is 43.4. The molecular formula is C59H103NO2. The van der Waals surface area contributed by atoms with E-state index in [-0.39, 0.29) is 0 Å². The minimum Gasteiger partial charge on any atom is -0.381 e. The van der Waals surface area contributed by atoms with Crippen LogP contribution in [0.1, 0.15) is 240 Å². The Morgan fingerprint density at radius 2 is 0.968 bits per heavy atom. The van der Waals surface area contributed by atoms with Gasteiger partial charge in [-0.2, -0.15) is 0 Å². The Balaban J connectivity index is 1.04. The summed E-state index contributed by atoms with van der Waals surface area (Å²) >= 11 is 0. The van der Waals surface area contributed by atoms with E-state index in [2.05, 4.69) is 69.1 Å². The van der Waals surface area contributed by atoms with Crippen molar-refractivity contribution in [2.45, 2.75) is 270 Å². The average molecular weight is 858 g/mol. The largest absolute Gasteiger partial charge is 0.381 e. The topological polar surface area (TPSA) is 21.7 Å². The molecule has 6 aliphatic carbocycles. The molecule has 5 unspecified atom stereocenters. The molecule has 0 aromatic heterocycles. The normalized spacial score (nSPS) is 34.3. The van der Waals surface area contributed by atoms with Gasteiger partial charge in [-0.15, -0.1) is 0 Å². The summed E-state index contributed by atoms with van der Waals surface area (Å²) in [6.45, 7) is 10.4. The highest BCUT2D eigenvalue weighted by Gasteiger charge is 2.39. The molecule has 0 aromatic rings. The summed E-state index contributed by atoms with van der Waals surface area (Å²) < 4.78 is 13.3. The molecule has 0 bridgehead atoms. The van der Waals surface area contributed by atoms with Crippen LogP contribution in [-0.2, 0) is 9.47 Å². The van der Waals surface area contributed by atoms with Crippen LogP contribution >= 0.6 is 0 Å². The van der Waals surface area contributed by atoms with Gasteiger partial charge in [-0.1, -0.05) is 154 Å². The van der Waals surface area contributed by atoms with Crippen molar-refractivity contribution in [2.24, 2.45) is 53.3 Å². The standard InChI is InChI=1S/C59H103NO2/c1-6-7-8-11-23-50-28-36-55(37-29-50)60(56-38-30-51(31-39-56)25-24-48-19-12-9-13-20-48)57-40-32-52(33-41-57)27-34-53-45-59(62-43-42-47(4)18-16-17-46(2)3)54(44-58(53)61-5)35-26-49-21-14-10-15-22-49/h24-27,34-35,46-59H,6-23,28-33,36-45H2,1-5H3/b25-24+,34-27+,35-26+. The molecule has 6 saturated carbocycles. The molecule has 0 amide bonds. The molecule has 356 valence electrons. The molecular weight excluding hydrogens is 755 g/mol. The molecule has 6 aliphatic rings. The van der Waals surface area contributed by atoms with Crippen LogP contribution in [-0.4, -0.2) is 49.0 Å². The van der Waals surface area contributed by atoms with Crippen molar-refractivity contribution in [2.75, 3.05) is 13.7 Å². The number of hydrogen-bond acceptors (Lipinski definition) is 3. The van der Waals surface area contributed by atoms with Gasteiger partial charge in [-0.3, -0.25) is 4.90 Å². The third-order valence-corrected chi connectivity index (χ3v) is 17.9. The number of ether oxygens (including phenoxy) is 2. The Hall–Kier alpha value is -0.900. The number of unbranched alkanes of at least 4 members (excludes halogenated alkanes) is 3. The minimum atomic E-state index is 0.295. The highest BCUT2D eigenvalue weighted by atomic mass is 16.5. The van der Waals surface area contributed by atoms with Crippen molar-refractivity contribution in [1.82, 2.24) is 4.90 Å². The van der Waals surface area contributed by atoms with Crippen LogP contribution < -0.4 is 0 Å². The van der Waals surface area contributed by atoms with Gasteiger partial charge in [-0.25, -0.2) is 0 Å². The maximum atomic E-state index is 6.94. The quantitative estimate of drug-likeness (QED) is 0.0755. The molecule has 0 aliphatic heterocycles. The summed E-state index contributed by atoms with van der Waals surface area (Å²) in [6.07, 6.45) is 62.6. The summed E-state index contributed by atoms with van der Waals surface area (Å²) in [5.74, 6) is 6.70. The van der Waals surface area contributed by atoms with Gasteiger partial charge in [-0.05, 0) is 163 Å². The second-order valence-corrected chi connectivity index (χ2v) is 23.3. The fourth-order valence-corrected chi connectivity index (χ4v) is 13.7. The first-order chi connectivity index (χ1) is 30.4. The molecule has 62 heavy (non-hydrogen) atoms. The highest BCUT2D eigenvalue weighted by Crippen LogP contribution is 2.42. The monoisotopic (exact) mass is 858 g/mol. The zero-order valence-electron chi connectivity index (χ0n) is 41.9. The second-order valence-electron chi connectivity index (χ2n) is 23.3. The Morgan fingerprint density at radius 1 is 0.484 bits per heavy atom. The lowest BCUT2D eigenvalue weighted by Crippen LogP contribution is -2.52. The smallest absolute Gasteiger partial charge is 0.0645 e. The third kappa shape index (κ3) is 17.1. The predicted octanol–water partition coefficient (Wildman–Crippen LogP) is 17.0. The van der Waals surface area contributed by atoms with Crippen molar-refractivity contribution < 1.29 is 9.47 Å². The molecule has 6 rings (SSSR count). The van der Waals surface area contributed by atoms with Crippen LogP contribution in [0.3, 0.4) is 0 Å². The van der Waals surface area contributed by atoms with Crippen molar-refractivity contribution in [3.63, 3.8) is 0 Å². The van der Waals surface area contributed by atoms with Crippen molar-refractivity contribution in [3.05, 3.63) is 36.5 Å². The van der Waals surface area contributed by atoms with Crippen LogP contribution in [0.15, 0.2) is 36.5 Å². The minimum absolute atomic E-state index is 0.295. The van der Waals surface area contributed by atoms with Crippen LogP contribution in [0.25, 0.3) is 0 Å². The van der Waals surface area contributed by atoms with Gasteiger partial charge >= 0.3 is 0 Å². The molecule has 0 aromatic carbocycles. The molecule has 0 radical (unpaired) electrons. The van der Waals surface area contributed by atoms with E-state index in [1.807, 2.05) is 7.11 Å². The Bertz CT molecular complexity index is 1230. The molecule has 0 heterocycles. The van der Waals surface area contributed by atoms with E-state index < -0.39 is 0 Å². The summed E-state index contributed by atoms with van der Waals surface area (Å²) in [7, 11) is 1.98. The lowest BCUT2D eigenvalue weighted by atomic mass is 9.75. The van der Waals surface area contributed by atoms with Crippen LogP contribution in [0, 0.1) is 53.3 Å². The lowest BCUT2D eigenvalue weighted by Gasteiger charge is -2.49. The third-order valence-electron chi connectivity index (χ3n) is 17.9. The lowest BCUT2D eigenvalue weighted by molar-refractivity contribution is -0.0615. The number of hydrogen-bond donors (Lipinski definition) is 0. The molecule has 6 fully saturated rings. The van der Waals surface area contributed by atoms with Gasteiger partial charge in [0.05, 0.1) is 12.2 Å². The van der Waals surface area contributed by atoms with Crippen LogP contribution in [0.2, 0.25) is 0 Å². The van der Waals surface area contributed by atoms with E-state index in [1.165, 1.54) is 199 Å². The molecule has 0 saturated heterocycles. The Labute approximate surface area is 386 Å². The van der Waals surface area contributed by atoms with Gasteiger partial charge in [0.25, 0.3) is 0 Å². The maximum absolute atomic E-state index is 6.94. The molecule has 0 spiro atoms. The number of nitrogens with zero attached hydrogens (tertiary/aromatic N) is 1. The van der Waals surface area contributed by atoms with E-state index in [0.29, 0.717) is 24.0 Å². The molecule has 3 nitrogen and oxygen atoms in total. The van der Waals surface area contributed by atoms with Gasteiger partial charge in [0.2, 0.25) is 0 Å². The van der Waals surface area contributed by atoms with E-state index >= 15 is 0 Å². The number of rotatable bonds is 23. The molecule has 5 atom stereocenters. The van der Waals surface area contributed by atoms with Gasteiger partial charge in [0, 0.05) is 43.7 Å². The number of methoxy groups -OCH3 is 1. The SMILES string of the molecule is CCCCCCC1CCC(N(C2CCC(/C=C/C3CCCCC3)CC2)C2CCC(/C=C/C3CC(OCCC(C)CCCC(C)C)C(/C=C/C4CCCCC4)CC3OC)CC2)CC1. The van der Waals surface area contributed by atoms with Gasteiger partial charge in [0.15, 0.2) is 0 Å². The second kappa shape index (κ2) is 28.3. The fourth-order valence-electron chi connectivity index (χ4n) is 13.7. The predicted molar refractivity (Wildman–Crippen MR) is 268 cm³/mol. The number of allylic oxidation sites excluding steroid dienone is 4. The van der Waals surface area contributed by atoms with E-state index in [0.717, 1.165) is 79.0 Å². The first-order valence-electron chi connectivity index (χ1n) is 28.3. The highest BCUT2D eigenvalue weighted by molar-refractivity contribution is 5.07. The summed E-state index contributed by atoms with van der Waals surface area (Å²) in [6, 6.07) is 2.46. The molecule has 3 heteroatoms. The zero-order valence-corrected chi connectivity index (χ0v) is 41.9. The van der Waals surface area contributed by atoms with Crippen molar-refractivity contribution >= 4 is 0 Å². The van der Waals surface area contributed by atoms with E-state index in [4.69, 9.17) is 9.47 Å². The van der Waals surface area contributed by atoms with Gasteiger partial charge in [0.1, 0.15) is 0 Å². The Kier molecular flexibility index (Phi) is 23.1. The van der Waals surface area contributed by atoms with Gasteiger partial charge < -0.3 is 9.47 Å². The van der Waals surface area contributed by atoms with Crippen LogP contribution in [0.4, 0.5) is 0 Å². The summed E-state index contributed by atoms with van der Waals surface area (Å²) in [4.78, 5) is 3.23. The first-order valence-corrected chi connectivity index (χ1v) is 28.3. The molecule has 0 N–H and O–H groups in total. The van der Waals surface area contributed by atoms with Crippen LogP contribution in [0.5, 0.6) is 0 Å². The summed E-state index contributed by atoms with van der Waals surface area (Å²) in [5.41, 5.74) is 0. The Morgan fingerprint density at radius 3 is 1.48 bits per heavy atom.